The van der Waals surface area contributed by atoms with Crippen LogP contribution in [-0.2, 0) is 0 Å². The van der Waals surface area contributed by atoms with Gasteiger partial charge in [-0.25, -0.2) is 0 Å². The smallest absolute Gasteiger partial charge is 0.0434 e. The van der Waals surface area contributed by atoms with Gasteiger partial charge in [-0.2, -0.15) is 0 Å². The van der Waals surface area contributed by atoms with Crippen LogP contribution in [0.2, 0.25) is 0 Å². The van der Waals surface area contributed by atoms with Crippen molar-refractivity contribution in [1.82, 2.24) is 0 Å². The van der Waals surface area contributed by atoms with E-state index in [1.165, 1.54) is 18.4 Å². The molecule has 2 bridgehead atoms. The highest BCUT2D eigenvalue weighted by Gasteiger charge is 2.56. The van der Waals surface area contributed by atoms with Crippen LogP contribution in [0.1, 0.15) is 33.1 Å². The van der Waals surface area contributed by atoms with Crippen molar-refractivity contribution < 1.29 is 5.11 Å². The molecule has 3 fully saturated rings. The standard InChI is InChI=1S/C15H22O/c1-10-3-5-15(2)13(4-6-16)11-8-12(9-11)14(15)7-10/h3,5,7,11-14,16H,4,6,8-9H2,1-2H3. The first-order valence-corrected chi connectivity index (χ1v) is 6.63. The van der Waals surface area contributed by atoms with Crippen LogP contribution in [0.3, 0.4) is 0 Å². The monoisotopic (exact) mass is 218 g/mol. The van der Waals surface area contributed by atoms with Crippen LogP contribution in [0.5, 0.6) is 0 Å². The van der Waals surface area contributed by atoms with Gasteiger partial charge in [0, 0.05) is 6.61 Å². The zero-order valence-corrected chi connectivity index (χ0v) is 10.3. The summed E-state index contributed by atoms with van der Waals surface area (Å²) in [6, 6.07) is 0. The van der Waals surface area contributed by atoms with Gasteiger partial charge in [-0.15, -0.1) is 0 Å². The molecular formula is C15H22O. The van der Waals surface area contributed by atoms with Crippen LogP contribution < -0.4 is 0 Å². The van der Waals surface area contributed by atoms with E-state index in [1.54, 1.807) is 0 Å². The van der Waals surface area contributed by atoms with Crippen molar-refractivity contribution in [3.05, 3.63) is 23.8 Å². The summed E-state index contributed by atoms with van der Waals surface area (Å²) in [6.07, 6.45) is 11.0. The van der Waals surface area contributed by atoms with Crippen molar-refractivity contribution in [1.29, 1.82) is 0 Å². The Kier molecular flexibility index (Phi) is 2.29. The second-order valence-electron chi connectivity index (χ2n) is 6.25. The van der Waals surface area contributed by atoms with Gasteiger partial charge in [-0.05, 0) is 55.3 Å². The first-order valence-electron chi connectivity index (χ1n) is 6.63. The Balaban J connectivity index is 1.94. The molecule has 1 nitrogen and oxygen atoms in total. The largest absolute Gasteiger partial charge is 0.396 e. The first-order chi connectivity index (χ1) is 7.65. The third-order valence-electron chi connectivity index (χ3n) is 5.39. The van der Waals surface area contributed by atoms with E-state index in [9.17, 15) is 5.11 Å². The maximum atomic E-state index is 9.27. The summed E-state index contributed by atoms with van der Waals surface area (Å²) < 4.78 is 0. The lowest BCUT2D eigenvalue weighted by atomic mass is 9.43. The van der Waals surface area contributed by atoms with Gasteiger partial charge in [-0.3, -0.25) is 0 Å². The highest BCUT2D eigenvalue weighted by atomic mass is 16.3. The number of aliphatic hydroxyl groups excluding tert-OH is 1. The lowest BCUT2D eigenvalue weighted by molar-refractivity contribution is -0.0837. The van der Waals surface area contributed by atoms with Crippen LogP contribution in [0.15, 0.2) is 23.8 Å². The van der Waals surface area contributed by atoms with Crippen molar-refractivity contribution in [2.45, 2.75) is 33.1 Å². The molecule has 0 aromatic carbocycles. The SMILES string of the molecule is CC1=CC2C3CC(C3)C(CCO)C2(C)C=C1. The topological polar surface area (TPSA) is 20.2 Å². The van der Waals surface area contributed by atoms with Crippen molar-refractivity contribution in [3.63, 3.8) is 0 Å². The fourth-order valence-electron chi connectivity index (χ4n) is 4.48. The van der Waals surface area contributed by atoms with Crippen LogP contribution >= 0.6 is 0 Å². The number of allylic oxidation sites excluding steroid dienone is 4. The summed E-state index contributed by atoms with van der Waals surface area (Å²) in [5.74, 6) is 3.24. The Morgan fingerprint density at radius 1 is 1.38 bits per heavy atom. The quantitative estimate of drug-likeness (QED) is 0.755. The first kappa shape index (κ1) is 10.6. The van der Waals surface area contributed by atoms with Crippen LogP contribution in [0, 0.1) is 29.1 Å². The molecule has 4 aliphatic carbocycles. The Morgan fingerprint density at radius 3 is 2.81 bits per heavy atom. The zero-order chi connectivity index (χ0) is 11.3. The molecule has 0 radical (unpaired) electrons. The lowest BCUT2D eigenvalue weighted by Gasteiger charge is -2.61. The molecule has 0 saturated heterocycles. The van der Waals surface area contributed by atoms with Crippen LogP contribution in [0.4, 0.5) is 0 Å². The van der Waals surface area contributed by atoms with E-state index in [0.29, 0.717) is 17.9 Å². The Morgan fingerprint density at radius 2 is 2.12 bits per heavy atom. The van der Waals surface area contributed by atoms with E-state index in [-0.39, 0.29) is 0 Å². The molecule has 3 saturated carbocycles. The highest BCUT2D eigenvalue weighted by molar-refractivity contribution is 5.31. The van der Waals surface area contributed by atoms with Crippen molar-refractivity contribution in [2.24, 2.45) is 29.1 Å². The minimum Gasteiger partial charge on any atom is -0.396 e. The normalized spacial score (nSPS) is 49.3. The molecule has 0 spiro atoms. The molecule has 1 N–H and O–H groups in total. The summed E-state index contributed by atoms with van der Waals surface area (Å²) in [7, 11) is 0. The van der Waals surface area contributed by atoms with E-state index in [0.717, 1.165) is 24.2 Å². The Hall–Kier alpha value is -0.560. The zero-order valence-electron chi connectivity index (χ0n) is 10.3. The molecule has 88 valence electrons. The maximum absolute atomic E-state index is 9.27. The molecule has 0 aromatic heterocycles. The lowest BCUT2D eigenvalue weighted by Crippen LogP contribution is -2.54. The molecule has 0 amide bonds. The molecular weight excluding hydrogens is 196 g/mol. The molecule has 0 aromatic rings. The number of aliphatic hydroxyl groups is 1. The predicted octanol–water partition coefficient (Wildman–Crippen LogP) is 3.16. The maximum Gasteiger partial charge on any atom is 0.0434 e. The Labute approximate surface area is 98.2 Å². The van der Waals surface area contributed by atoms with Gasteiger partial charge in [0.25, 0.3) is 0 Å². The average molecular weight is 218 g/mol. The van der Waals surface area contributed by atoms with E-state index >= 15 is 0 Å². The summed E-state index contributed by atoms with van der Waals surface area (Å²) in [5, 5.41) is 9.27. The number of hydrogen-bond donors (Lipinski definition) is 1. The fourth-order valence-corrected chi connectivity index (χ4v) is 4.48. The minimum absolute atomic E-state index is 0.327. The fraction of sp³-hybridized carbons (Fsp3) is 0.733. The van der Waals surface area contributed by atoms with E-state index < -0.39 is 0 Å². The second-order valence-corrected chi connectivity index (χ2v) is 6.25. The molecule has 4 aliphatic rings. The number of hydrogen-bond acceptors (Lipinski definition) is 1. The summed E-state index contributed by atoms with van der Waals surface area (Å²) in [5.41, 5.74) is 1.75. The van der Waals surface area contributed by atoms with Gasteiger partial charge in [-0.1, -0.05) is 30.7 Å². The van der Waals surface area contributed by atoms with Gasteiger partial charge in [0.15, 0.2) is 0 Å². The van der Waals surface area contributed by atoms with Gasteiger partial charge >= 0.3 is 0 Å². The third kappa shape index (κ3) is 1.27. The van der Waals surface area contributed by atoms with Gasteiger partial charge < -0.3 is 5.11 Å². The second kappa shape index (κ2) is 3.46. The highest BCUT2D eigenvalue weighted by Crippen LogP contribution is 2.63. The van der Waals surface area contributed by atoms with Crippen molar-refractivity contribution in [2.75, 3.05) is 6.61 Å². The van der Waals surface area contributed by atoms with E-state index in [1.807, 2.05) is 0 Å². The van der Waals surface area contributed by atoms with Crippen molar-refractivity contribution in [3.8, 4) is 0 Å². The third-order valence-corrected chi connectivity index (χ3v) is 5.39. The summed E-state index contributed by atoms with van der Waals surface area (Å²) in [6.45, 7) is 4.97. The van der Waals surface area contributed by atoms with E-state index in [2.05, 4.69) is 32.1 Å². The molecule has 1 heteroatoms. The van der Waals surface area contributed by atoms with Gasteiger partial charge in [0.05, 0.1) is 0 Å². The summed E-state index contributed by atoms with van der Waals surface area (Å²) in [4.78, 5) is 0. The average Bonchev–Trinajstić information content (AvgIpc) is 2.19. The predicted molar refractivity (Wildman–Crippen MR) is 65.9 cm³/mol. The Bertz CT molecular complexity index is 348. The molecule has 3 unspecified atom stereocenters. The molecule has 16 heavy (non-hydrogen) atoms. The van der Waals surface area contributed by atoms with Crippen molar-refractivity contribution >= 4 is 0 Å². The molecule has 0 aliphatic heterocycles. The minimum atomic E-state index is 0.327. The molecule has 3 atom stereocenters. The molecule has 0 heterocycles. The van der Waals surface area contributed by atoms with Gasteiger partial charge in [0.1, 0.15) is 0 Å². The van der Waals surface area contributed by atoms with Gasteiger partial charge in [0.2, 0.25) is 0 Å². The number of rotatable bonds is 2. The summed E-state index contributed by atoms with van der Waals surface area (Å²) >= 11 is 0. The van der Waals surface area contributed by atoms with Crippen LogP contribution in [-0.4, -0.2) is 11.7 Å². The van der Waals surface area contributed by atoms with E-state index in [4.69, 9.17) is 0 Å². The van der Waals surface area contributed by atoms with Crippen LogP contribution in [0.25, 0.3) is 0 Å². The molecule has 4 rings (SSSR count).